The lowest BCUT2D eigenvalue weighted by molar-refractivity contribution is -0.387. The van der Waals surface area contributed by atoms with Gasteiger partial charge >= 0.3 is 5.97 Å². The normalized spacial score (nSPS) is 10.1. The zero-order valence-electron chi connectivity index (χ0n) is 12.5. The molecule has 0 aliphatic heterocycles. The Morgan fingerprint density at radius 1 is 1.30 bits per heavy atom. The minimum atomic E-state index is -0.444. The Balaban J connectivity index is 2.42. The summed E-state index contributed by atoms with van der Waals surface area (Å²) in [6.07, 6.45) is 1.55. The van der Waals surface area contributed by atoms with E-state index in [0.29, 0.717) is 20.9 Å². The lowest BCUT2D eigenvalue weighted by Crippen LogP contribution is -2.06. The van der Waals surface area contributed by atoms with Crippen molar-refractivity contribution in [2.24, 2.45) is 0 Å². The number of carbonyl (C=O) groups is 1. The first-order valence-electron chi connectivity index (χ1n) is 6.91. The molecule has 6 heteroatoms. The molecule has 5 nitrogen and oxygen atoms in total. The number of benzene rings is 2. The van der Waals surface area contributed by atoms with Gasteiger partial charge in [0, 0.05) is 11.0 Å². The van der Waals surface area contributed by atoms with E-state index in [9.17, 15) is 14.9 Å². The summed E-state index contributed by atoms with van der Waals surface area (Å²) in [4.78, 5) is 23.9. The maximum Gasteiger partial charge on any atom is 0.339 e. The van der Waals surface area contributed by atoms with Crippen molar-refractivity contribution >= 4 is 29.5 Å². The molecule has 0 radical (unpaired) electrons. The van der Waals surface area contributed by atoms with Crippen LogP contribution in [0.2, 0.25) is 0 Å². The lowest BCUT2D eigenvalue weighted by Gasteiger charge is -2.09. The van der Waals surface area contributed by atoms with Gasteiger partial charge in [0.1, 0.15) is 0 Å². The molecule has 0 atom stereocenters. The first-order valence-corrected chi connectivity index (χ1v) is 7.73. The summed E-state index contributed by atoms with van der Waals surface area (Å²) in [5, 5.41) is 11.3. The van der Waals surface area contributed by atoms with E-state index in [-0.39, 0.29) is 12.3 Å². The van der Waals surface area contributed by atoms with Gasteiger partial charge in [-0.05, 0) is 30.7 Å². The van der Waals surface area contributed by atoms with E-state index in [1.807, 2.05) is 0 Å². The number of rotatable bonds is 6. The van der Waals surface area contributed by atoms with Crippen molar-refractivity contribution in [3.05, 3.63) is 70.3 Å². The summed E-state index contributed by atoms with van der Waals surface area (Å²) in [6, 6.07) is 11.7. The molecular formula is C17H15NO4S. The summed E-state index contributed by atoms with van der Waals surface area (Å²) in [5.41, 5.74) is 1.03. The summed E-state index contributed by atoms with van der Waals surface area (Å²) in [5.74, 6) is -0.444. The van der Waals surface area contributed by atoms with E-state index in [4.69, 9.17) is 4.74 Å². The van der Waals surface area contributed by atoms with E-state index in [2.05, 4.69) is 6.58 Å². The van der Waals surface area contributed by atoms with Crippen LogP contribution in [0.1, 0.15) is 22.8 Å². The van der Waals surface area contributed by atoms with E-state index in [1.165, 1.54) is 17.8 Å². The van der Waals surface area contributed by atoms with Gasteiger partial charge in [-0.1, -0.05) is 42.6 Å². The zero-order valence-corrected chi connectivity index (χ0v) is 13.3. The number of esters is 1. The molecule has 0 fully saturated rings. The molecule has 2 aromatic carbocycles. The highest BCUT2D eigenvalue weighted by Gasteiger charge is 2.19. The third-order valence-electron chi connectivity index (χ3n) is 3.02. The van der Waals surface area contributed by atoms with Gasteiger partial charge in [0.25, 0.3) is 5.69 Å². The highest BCUT2D eigenvalue weighted by molar-refractivity contribution is 7.99. The van der Waals surface area contributed by atoms with Crippen LogP contribution in [0.15, 0.2) is 58.8 Å². The number of nitro groups is 1. The molecule has 0 saturated heterocycles. The average molecular weight is 329 g/mol. The van der Waals surface area contributed by atoms with Crippen LogP contribution in [0, 0.1) is 10.1 Å². The van der Waals surface area contributed by atoms with Gasteiger partial charge in [-0.3, -0.25) is 10.1 Å². The van der Waals surface area contributed by atoms with Crippen LogP contribution in [-0.2, 0) is 4.74 Å². The number of hydrogen-bond acceptors (Lipinski definition) is 5. The number of ether oxygens (including phenoxy) is 1. The van der Waals surface area contributed by atoms with Crippen molar-refractivity contribution in [2.45, 2.75) is 16.7 Å². The number of hydrogen-bond donors (Lipinski definition) is 0. The smallest absolute Gasteiger partial charge is 0.339 e. The fourth-order valence-electron chi connectivity index (χ4n) is 1.94. The Bertz CT molecular complexity index is 758. The van der Waals surface area contributed by atoms with E-state index in [0.717, 1.165) is 0 Å². The maximum atomic E-state index is 12.0. The molecule has 0 bridgehead atoms. The summed E-state index contributed by atoms with van der Waals surface area (Å²) in [7, 11) is 0. The molecule has 0 N–H and O–H groups in total. The van der Waals surface area contributed by atoms with Crippen LogP contribution in [0.5, 0.6) is 0 Å². The molecule has 0 amide bonds. The minimum Gasteiger partial charge on any atom is -0.462 e. The second kappa shape index (κ2) is 7.60. The van der Waals surface area contributed by atoms with Gasteiger partial charge in [-0.2, -0.15) is 0 Å². The SMILES string of the molecule is C=Cc1ccc(Sc2ccccc2C(=O)OCC)c([N+](=O)[O-])c1. The first-order chi connectivity index (χ1) is 11.1. The maximum absolute atomic E-state index is 12.0. The van der Waals surface area contributed by atoms with Gasteiger partial charge in [0.2, 0.25) is 0 Å². The van der Waals surface area contributed by atoms with Crippen LogP contribution in [0.25, 0.3) is 6.08 Å². The van der Waals surface area contributed by atoms with E-state index in [1.54, 1.807) is 49.4 Å². The van der Waals surface area contributed by atoms with Crippen LogP contribution >= 0.6 is 11.8 Å². The standard InChI is InChI=1S/C17H15NO4S/c1-3-12-9-10-16(14(11-12)18(20)21)23-15-8-6-5-7-13(15)17(19)22-4-2/h3,5-11H,1,4H2,2H3. The minimum absolute atomic E-state index is 0.0222. The molecule has 0 aliphatic carbocycles. The Labute approximate surface area is 138 Å². The molecule has 0 aromatic heterocycles. The van der Waals surface area contributed by atoms with Gasteiger partial charge in [-0.25, -0.2) is 4.79 Å². The van der Waals surface area contributed by atoms with Gasteiger partial charge in [-0.15, -0.1) is 0 Å². The Hall–Kier alpha value is -2.60. The summed E-state index contributed by atoms with van der Waals surface area (Å²) < 4.78 is 5.02. The molecular weight excluding hydrogens is 314 g/mol. The molecule has 0 heterocycles. The van der Waals surface area contributed by atoms with Crippen molar-refractivity contribution in [3.63, 3.8) is 0 Å². The van der Waals surface area contributed by atoms with E-state index >= 15 is 0 Å². The van der Waals surface area contributed by atoms with Gasteiger partial charge in [0.15, 0.2) is 0 Å². The molecule has 23 heavy (non-hydrogen) atoms. The summed E-state index contributed by atoms with van der Waals surface area (Å²) in [6.45, 7) is 5.61. The first kappa shape index (κ1) is 16.8. The Kier molecular flexibility index (Phi) is 5.54. The third-order valence-corrected chi connectivity index (χ3v) is 4.16. The number of nitrogens with zero attached hydrogens (tertiary/aromatic N) is 1. The lowest BCUT2D eigenvalue weighted by atomic mass is 10.2. The van der Waals surface area contributed by atoms with Crippen molar-refractivity contribution in [1.82, 2.24) is 0 Å². The highest BCUT2D eigenvalue weighted by atomic mass is 32.2. The molecule has 0 unspecified atom stereocenters. The quantitative estimate of drug-likeness (QED) is 0.441. The number of carbonyl (C=O) groups excluding carboxylic acids is 1. The zero-order chi connectivity index (χ0) is 16.8. The third kappa shape index (κ3) is 3.98. The second-order valence-corrected chi connectivity index (χ2v) is 5.59. The Morgan fingerprint density at radius 2 is 2.04 bits per heavy atom. The van der Waals surface area contributed by atoms with Gasteiger partial charge in [0.05, 0.1) is 22.0 Å². The Morgan fingerprint density at radius 3 is 2.70 bits per heavy atom. The second-order valence-electron chi connectivity index (χ2n) is 4.51. The topological polar surface area (TPSA) is 69.4 Å². The molecule has 2 rings (SSSR count). The highest BCUT2D eigenvalue weighted by Crippen LogP contribution is 2.37. The summed E-state index contributed by atoms with van der Waals surface area (Å²) >= 11 is 1.17. The fourth-order valence-corrected chi connectivity index (χ4v) is 2.96. The molecule has 0 aliphatic rings. The fraction of sp³-hybridized carbons (Fsp3) is 0.118. The average Bonchev–Trinajstić information content (AvgIpc) is 2.55. The molecule has 0 spiro atoms. The van der Waals surface area contributed by atoms with Crippen molar-refractivity contribution in [2.75, 3.05) is 6.61 Å². The van der Waals surface area contributed by atoms with Crippen LogP contribution < -0.4 is 0 Å². The van der Waals surface area contributed by atoms with Crippen molar-refractivity contribution in [3.8, 4) is 0 Å². The van der Waals surface area contributed by atoms with Crippen LogP contribution in [0.4, 0.5) is 5.69 Å². The number of nitro benzene ring substituents is 1. The van der Waals surface area contributed by atoms with E-state index < -0.39 is 10.9 Å². The van der Waals surface area contributed by atoms with Crippen LogP contribution in [-0.4, -0.2) is 17.5 Å². The largest absolute Gasteiger partial charge is 0.462 e. The molecule has 0 saturated carbocycles. The van der Waals surface area contributed by atoms with Crippen LogP contribution in [0.3, 0.4) is 0 Å². The van der Waals surface area contributed by atoms with Gasteiger partial charge < -0.3 is 4.74 Å². The molecule has 118 valence electrons. The predicted octanol–water partition coefficient (Wildman–Crippen LogP) is 4.57. The monoisotopic (exact) mass is 329 g/mol. The van der Waals surface area contributed by atoms with Crippen molar-refractivity contribution < 1.29 is 14.5 Å². The van der Waals surface area contributed by atoms with Crippen molar-refractivity contribution in [1.29, 1.82) is 0 Å². The predicted molar refractivity (Wildman–Crippen MR) is 89.7 cm³/mol. The molecule has 2 aromatic rings.